The summed E-state index contributed by atoms with van der Waals surface area (Å²) in [6.45, 7) is 3.54. The van der Waals surface area contributed by atoms with Crippen LogP contribution < -0.4 is 0 Å². The summed E-state index contributed by atoms with van der Waals surface area (Å²) in [5.74, 6) is 6.21. The van der Waals surface area contributed by atoms with Crippen molar-refractivity contribution in [1.29, 1.82) is 0 Å². The van der Waals surface area contributed by atoms with Crippen LogP contribution in [0.2, 0.25) is 0 Å². The summed E-state index contributed by atoms with van der Waals surface area (Å²) < 4.78 is 5.26. The zero-order valence-corrected chi connectivity index (χ0v) is 11.8. The normalized spacial score (nSPS) is 26.8. The Labute approximate surface area is 108 Å². The van der Waals surface area contributed by atoms with Gasteiger partial charge < -0.3 is 4.74 Å². The van der Waals surface area contributed by atoms with Gasteiger partial charge in [-0.3, -0.25) is 4.90 Å². The van der Waals surface area contributed by atoms with E-state index in [0.717, 1.165) is 18.6 Å². The lowest BCUT2D eigenvalue weighted by molar-refractivity contribution is 0.0888. The van der Waals surface area contributed by atoms with Crippen molar-refractivity contribution in [2.24, 2.45) is 5.92 Å². The van der Waals surface area contributed by atoms with Crippen molar-refractivity contribution >= 4 is 23.5 Å². The summed E-state index contributed by atoms with van der Waals surface area (Å²) in [6, 6.07) is 0.834. The Bertz CT molecular complexity index is 187. The third kappa shape index (κ3) is 3.83. The third-order valence-electron chi connectivity index (χ3n) is 3.56. The second-order valence-corrected chi connectivity index (χ2v) is 7.04. The number of rotatable bonds is 3. The number of ether oxygens (including phenoxy) is 1. The zero-order valence-electron chi connectivity index (χ0n) is 10.2. The lowest BCUT2D eigenvalue weighted by atomic mass is 9.97. The van der Waals surface area contributed by atoms with Crippen molar-refractivity contribution in [2.75, 3.05) is 49.8 Å². The number of nitrogens with zero attached hydrogens (tertiary/aromatic N) is 1. The van der Waals surface area contributed by atoms with E-state index in [-0.39, 0.29) is 0 Å². The first-order valence-corrected chi connectivity index (χ1v) is 8.59. The summed E-state index contributed by atoms with van der Waals surface area (Å²) >= 11 is 4.28. The Morgan fingerprint density at radius 3 is 2.31 bits per heavy atom. The van der Waals surface area contributed by atoms with Crippen molar-refractivity contribution in [1.82, 2.24) is 4.90 Å². The van der Waals surface area contributed by atoms with Gasteiger partial charge in [-0.2, -0.15) is 23.5 Å². The lowest BCUT2D eigenvalue weighted by Gasteiger charge is -2.36. The molecule has 2 saturated heterocycles. The van der Waals surface area contributed by atoms with E-state index < -0.39 is 0 Å². The molecule has 2 fully saturated rings. The van der Waals surface area contributed by atoms with Crippen LogP contribution in [0, 0.1) is 5.92 Å². The van der Waals surface area contributed by atoms with Gasteiger partial charge in [0.15, 0.2) is 0 Å². The second-order valence-electron chi connectivity index (χ2n) is 4.74. The van der Waals surface area contributed by atoms with Gasteiger partial charge in [-0.05, 0) is 31.8 Å². The lowest BCUT2D eigenvalue weighted by Crippen LogP contribution is -2.44. The Kier molecular flexibility index (Phi) is 5.83. The second kappa shape index (κ2) is 7.14. The van der Waals surface area contributed by atoms with Gasteiger partial charge in [0.1, 0.15) is 0 Å². The fraction of sp³-hybridized carbons (Fsp3) is 1.00. The minimum atomic E-state index is 0.812. The van der Waals surface area contributed by atoms with E-state index in [1.165, 1.54) is 48.9 Å². The molecule has 0 saturated carbocycles. The molecule has 4 heteroatoms. The molecule has 0 aromatic carbocycles. The molecule has 2 rings (SSSR count). The van der Waals surface area contributed by atoms with E-state index in [1.54, 1.807) is 0 Å². The molecule has 0 unspecified atom stereocenters. The Hall–Kier alpha value is 0.620. The number of likely N-dealkylation sites (tertiary alicyclic amines) is 1. The van der Waals surface area contributed by atoms with Crippen molar-refractivity contribution in [3.8, 4) is 0 Å². The summed E-state index contributed by atoms with van der Waals surface area (Å²) in [5.41, 5.74) is 0. The van der Waals surface area contributed by atoms with E-state index >= 15 is 0 Å². The van der Waals surface area contributed by atoms with Gasteiger partial charge >= 0.3 is 0 Å². The van der Waals surface area contributed by atoms with Crippen LogP contribution in [0.25, 0.3) is 0 Å². The van der Waals surface area contributed by atoms with Crippen LogP contribution in [-0.2, 0) is 4.74 Å². The van der Waals surface area contributed by atoms with Gasteiger partial charge in [-0.25, -0.2) is 0 Å². The molecule has 2 nitrogen and oxygen atoms in total. The van der Waals surface area contributed by atoms with Crippen molar-refractivity contribution in [3.05, 3.63) is 0 Å². The van der Waals surface area contributed by atoms with E-state index in [4.69, 9.17) is 4.74 Å². The number of hydrogen-bond donors (Lipinski definition) is 0. The number of piperidine rings is 1. The molecular formula is C12H23NOS2. The molecule has 94 valence electrons. The maximum atomic E-state index is 5.26. The highest BCUT2D eigenvalue weighted by Crippen LogP contribution is 2.25. The van der Waals surface area contributed by atoms with Crippen LogP contribution in [0.15, 0.2) is 0 Å². The Morgan fingerprint density at radius 1 is 1.12 bits per heavy atom. The zero-order chi connectivity index (χ0) is 11.2. The van der Waals surface area contributed by atoms with E-state index in [9.17, 15) is 0 Å². The van der Waals surface area contributed by atoms with Crippen LogP contribution in [0.3, 0.4) is 0 Å². The predicted molar refractivity (Wildman–Crippen MR) is 74.6 cm³/mol. The first-order valence-electron chi connectivity index (χ1n) is 6.28. The molecule has 16 heavy (non-hydrogen) atoms. The Morgan fingerprint density at radius 2 is 1.75 bits per heavy atom. The molecular weight excluding hydrogens is 238 g/mol. The molecule has 2 aliphatic rings. The average molecular weight is 261 g/mol. The van der Waals surface area contributed by atoms with E-state index in [2.05, 4.69) is 28.4 Å². The fourth-order valence-electron chi connectivity index (χ4n) is 2.54. The summed E-state index contributed by atoms with van der Waals surface area (Å²) in [5, 5.41) is 0. The van der Waals surface area contributed by atoms with Crippen molar-refractivity contribution < 1.29 is 4.74 Å². The first-order chi connectivity index (χ1) is 7.90. The quantitative estimate of drug-likeness (QED) is 0.772. The molecule has 0 aromatic rings. The topological polar surface area (TPSA) is 12.5 Å². The molecule has 0 aliphatic carbocycles. The van der Waals surface area contributed by atoms with E-state index in [0.29, 0.717) is 0 Å². The molecule has 0 spiro atoms. The predicted octanol–water partition coefficient (Wildman–Crippen LogP) is 2.19. The largest absolute Gasteiger partial charge is 0.384 e. The van der Waals surface area contributed by atoms with Gasteiger partial charge in [0.2, 0.25) is 0 Å². The molecule has 0 radical (unpaired) electrons. The van der Waals surface area contributed by atoms with Crippen LogP contribution in [0.5, 0.6) is 0 Å². The summed E-state index contributed by atoms with van der Waals surface area (Å²) in [4.78, 5) is 2.72. The summed E-state index contributed by atoms with van der Waals surface area (Å²) in [6.07, 6.45) is 2.67. The highest BCUT2D eigenvalue weighted by atomic mass is 32.2. The molecule has 0 N–H and O–H groups in total. The molecule has 0 aromatic heterocycles. The van der Waals surface area contributed by atoms with Crippen LogP contribution in [-0.4, -0.2) is 60.8 Å². The van der Waals surface area contributed by atoms with Crippen LogP contribution >= 0.6 is 23.5 Å². The van der Waals surface area contributed by atoms with Gasteiger partial charge in [0.25, 0.3) is 0 Å². The van der Waals surface area contributed by atoms with Crippen LogP contribution in [0.1, 0.15) is 12.8 Å². The highest BCUT2D eigenvalue weighted by molar-refractivity contribution is 8.03. The van der Waals surface area contributed by atoms with E-state index in [1.807, 2.05) is 7.11 Å². The molecule has 2 heterocycles. The SMILES string of the molecule is COCC1CCN(C2CSCCSC2)CC1. The van der Waals surface area contributed by atoms with Crippen molar-refractivity contribution in [2.45, 2.75) is 18.9 Å². The third-order valence-corrected chi connectivity index (χ3v) is 6.05. The number of hydrogen-bond acceptors (Lipinski definition) is 4. The maximum absolute atomic E-state index is 5.26. The minimum absolute atomic E-state index is 0.812. The summed E-state index contributed by atoms with van der Waals surface area (Å²) in [7, 11) is 1.82. The molecule has 0 bridgehead atoms. The van der Waals surface area contributed by atoms with Gasteiger partial charge in [0, 0.05) is 42.8 Å². The molecule has 0 atom stereocenters. The molecule has 2 aliphatic heterocycles. The maximum Gasteiger partial charge on any atom is 0.0491 e. The fourth-order valence-corrected chi connectivity index (χ4v) is 5.16. The monoisotopic (exact) mass is 261 g/mol. The standard InChI is InChI=1S/C12H23NOS2/c1-14-8-11-2-4-13(5-3-11)12-9-15-6-7-16-10-12/h11-12H,2-10H2,1H3. The minimum Gasteiger partial charge on any atom is -0.384 e. The smallest absolute Gasteiger partial charge is 0.0491 e. The number of thioether (sulfide) groups is 2. The first kappa shape index (κ1) is 13.1. The van der Waals surface area contributed by atoms with Crippen LogP contribution in [0.4, 0.5) is 0 Å². The molecule has 0 amide bonds. The van der Waals surface area contributed by atoms with Crippen molar-refractivity contribution in [3.63, 3.8) is 0 Å². The Balaban J connectivity index is 1.74. The average Bonchev–Trinajstić information content (AvgIpc) is 2.59. The number of methoxy groups -OCH3 is 1. The van der Waals surface area contributed by atoms with Gasteiger partial charge in [-0.1, -0.05) is 0 Å². The van der Waals surface area contributed by atoms with Gasteiger partial charge in [-0.15, -0.1) is 0 Å². The van der Waals surface area contributed by atoms with Gasteiger partial charge in [0.05, 0.1) is 0 Å². The highest BCUT2D eigenvalue weighted by Gasteiger charge is 2.25.